The Hall–Kier alpha value is -2.67. The maximum Gasteiger partial charge on any atom is 0.273 e. The van der Waals surface area contributed by atoms with Crippen molar-refractivity contribution in [2.24, 2.45) is 0 Å². The van der Waals surface area contributed by atoms with Crippen LogP contribution in [0.3, 0.4) is 0 Å². The molecule has 2 aromatic rings. The van der Waals surface area contributed by atoms with Crippen molar-refractivity contribution in [3.8, 4) is 0 Å². The molecule has 0 aliphatic heterocycles. The molecule has 0 aliphatic carbocycles. The molecule has 1 heterocycles. The van der Waals surface area contributed by atoms with Crippen LogP contribution in [0.15, 0.2) is 41.0 Å². The fraction of sp³-hybridized carbons (Fsp3) is 0.312. The van der Waals surface area contributed by atoms with Gasteiger partial charge in [0.15, 0.2) is 0 Å². The second kappa shape index (κ2) is 7.06. The number of carbonyl (C=O) groups excluding carboxylic acids is 1. The molecular weight excluding hydrogens is 298 g/mol. The van der Waals surface area contributed by atoms with Crippen molar-refractivity contribution in [2.75, 3.05) is 20.6 Å². The molecule has 2 rings (SSSR count). The maximum atomic E-state index is 12.2. The minimum Gasteiger partial charge on any atom is -0.468 e. The van der Waals surface area contributed by atoms with Crippen LogP contribution < -0.4 is 5.32 Å². The number of benzene rings is 1. The molecule has 1 atom stereocenters. The number of nitro benzene ring substituents is 1. The summed E-state index contributed by atoms with van der Waals surface area (Å²) in [5.74, 6) is 0.386. The molecular formula is C16H19N3O4. The summed E-state index contributed by atoms with van der Waals surface area (Å²) in [5.41, 5.74) is 0.723. The zero-order valence-electron chi connectivity index (χ0n) is 13.3. The first kappa shape index (κ1) is 16.7. The van der Waals surface area contributed by atoms with E-state index in [9.17, 15) is 14.9 Å². The lowest BCUT2D eigenvalue weighted by molar-refractivity contribution is -0.385. The van der Waals surface area contributed by atoms with Gasteiger partial charge in [0, 0.05) is 23.7 Å². The number of nitro groups is 1. The summed E-state index contributed by atoms with van der Waals surface area (Å²) in [5, 5.41) is 13.8. The number of hydrogen-bond donors (Lipinski definition) is 1. The summed E-state index contributed by atoms with van der Waals surface area (Å²) < 4.78 is 5.38. The van der Waals surface area contributed by atoms with Gasteiger partial charge < -0.3 is 9.73 Å². The van der Waals surface area contributed by atoms with E-state index in [0.29, 0.717) is 12.1 Å². The molecule has 0 spiro atoms. The van der Waals surface area contributed by atoms with Crippen LogP contribution in [0.1, 0.15) is 27.7 Å². The Balaban J connectivity index is 2.10. The molecule has 1 unspecified atom stereocenters. The molecule has 0 aliphatic rings. The van der Waals surface area contributed by atoms with Gasteiger partial charge in [-0.05, 0) is 39.2 Å². The Morgan fingerprint density at radius 1 is 1.39 bits per heavy atom. The van der Waals surface area contributed by atoms with Gasteiger partial charge in [-0.3, -0.25) is 19.8 Å². The molecule has 23 heavy (non-hydrogen) atoms. The zero-order valence-corrected chi connectivity index (χ0v) is 13.3. The van der Waals surface area contributed by atoms with Crippen LogP contribution in [-0.2, 0) is 0 Å². The first-order chi connectivity index (χ1) is 10.9. The van der Waals surface area contributed by atoms with E-state index in [4.69, 9.17) is 4.42 Å². The number of hydrogen-bond acceptors (Lipinski definition) is 5. The number of aryl methyl sites for hydroxylation is 1. The Bertz CT molecular complexity index is 695. The highest BCUT2D eigenvalue weighted by molar-refractivity contribution is 5.95. The molecule has 7 nitrogen and oxygen atoms in total. The predicted octanol–water partition coefficient (Wildman–Crippen LogP) is 2.53. The molecule has 122 valence electrons. The number of amides is 1. The van der Waals surface area contributed by atoms with Crippen molar-refractivity contribution in [3.63, 3.8) is 0 Å². The molecule has 1 aromatic heterocycles. The first-order valence-corrected chi connectivity index (χ1v) is 7.13. The van der Waals surface area contributed by atoms with Gasteiger partial charge in [0.2, 0.25) is 0 Å². The third-order valence-corrected chi connectivity index (χ3v) is 3.62. The number of nitrogens with zero attached hydrogens (tertiary/aromatic N) is 2. The topological polar surface area (TPSA) is 88.6 Å². The summed E-state index contributed by atoms with van der Waals surface area (Å²) in [6.07, 6.45) is 1.58. The molecule has 1 aromatic carbocycles. The smallest absolute Gasteiger partial charge is 0.273 e. The van der Waals surface area contributed by atoms with Gasteiger partial charge in [0.1, 0.15) is 5.76 Å². The van der Waals surface area contributed by atoms with Gasteiger partial charge in [0.05, 0.1) is 17.2 Å². The van der Waals surface area contributed by atoms with Crippen molar-refractivity contribution in [1.29, 1.82) is 0 Å². The average Bonchev–Trinajstić information content (AvgIpc) is 3.01. The van der Waals surface area contributed by atoms with Crippen LogP contribution >= 0.6 is 0 Å². The largest absolute Gasteiger partial charge is 0.468 e. The normalized spacial score (nSPS) is 12.2. The Kier molecular flexibility index (Phi) is 5.13. The van der Waals surface area contributed by atoms with E-state index in [-0.39, 0.29) is 23.2 Å². The zero-order chi connectivity index (χ0) is 17.0. The highest BCUT2D eigenvalue weighted by Gasteiger charge is 2.19. The molecule has 1 amide bonds. The van der Waals surface area contributed by atoms with Crippen LogP contribution in [0, 0.1) is 17.0 Å². The molecule has 0 fully saturated rings. The van der Waals surface area contributed by atoms with Crippen molar-refractivity contribution >= 4 is 11.6 Å². The summed E-state index contributed by atoms with van der Waals surface area (Å²) in [4.78, 5) is 24.6. The lowest BCUT2D eigenvalue weighted by Gasteiger charge is -2.22. The Morgan fingerprint density at radius 2 is 2.13 bits per heavy atom. The second-order valence-corrected chi connectivity index (χ2v) is 5.46. The molecule has 1 N–H and O–H groups in total. The second-order valence-electron chi connectivity index (χ2n) is 5.46. The molecule has 0 bridgehead atoms. The highest BCUT2D eigenvalue weighted by atomic mass is 16.6. The van der Waals surface area contributed by atoms with Gasteiger partial charge in [-0.2, -0.15) is 0 Å². The van der Waals surface area contributed by atoms with Gasteiger partial charge in [-0.25, -0.2) is 0 Å². The van der Waals surface area contributed by atoms with Gasteiger partial charge in [0.25, 0.3) is 11.6 Å². The number of likely N-dealkylation sites (N-methyl/N-ethyl adjacent to an activating group) is 1. The van der Waals surface area contributed by atoms with Crippen LogP contribution in [0.4, 0.5) is 5.69 Å². The van der Waals surface area contributed by atoms with E-state index < -0.39 is 4.92 Å². The van der Waals surface area contributed by atoms with Crippen molar-refractivity contribution in [3.05, 3.63) is 63.6 Å². The lowest BCUT2D eigenvalue weighted by Crippen LogP contribution is -2.34. The Labute approximate surface area is 134 Å². The molecule has 7 heteroatoms. The van der Waals surface area contributed by atoms with Crippen molar-refractivity contribution in [1.82, 2.24) is 10.2 Å². The van der Waals surface area contributed by atoms with Crippen LogP contribution in [-0.4, -0.2) is 36.4 Å². The van der Waals surface area contributed by atoms with E-state index in [2.05, 4.69) is 5.32 Å². The minimum atomic E-state index is -0.489. The molecule has 0 radical (unpaired) electrons. The van der Waals surface area contributed by atoms with E-state index >= 15 is 0 Å². The van der Waals surface area contributed by atoms with Crippen molar-refractivity contribution < 1.29 is 14.1 Å². The van der Waals surface area contributed by atoms with Crippen LogP contribution in [0.2, 0.25) is 0 Å². The van der Waals surface area contributed by atoms with Gasteiger partial charge in [-0.15, -0.1) is 0 Å². The monoisotopic (exact) mass is 317 g/mol. The number of nitrogens with one attached hydrogen (secondary N) is 1. The summed E-state index contributed by atoms with van der Waals surface area (Å²) in [6.45, 7) is 1.97. The highest BCUT2D eigenvalue weighted by Crippen LogP contribution is 2.20. The molecule has 0 saturated heterocycles. The van der Waals surface area contributed by atoms with E-state index in [1.807, 2.05) is 25.1 Å². The fourth-order valence-electron chi connectivity index (χ4n) is 2.26. The summed E-state index contributed by atoms with van der Waals surface area (Å²) in [6, 6.07) is 7.96. The lowest BCUT2D eigenvalue weighted by atomic mass is 10.1. The molecule has 0 saturated carbocycles. The SMILES string of the molecule is Cc1ccc(C(=O)NCC(c2ccco2)N(C)C)cc1[N+](=O)[O-]. The summed E-state index contributed by atoms with van der Waals surface area (Å²) >= 11 is 0. The Morgan fingerprint density at radius 3 is 2.70 bits per heavy atom. The summed E-state index contributed by atoms with van der Waals surface area (Å²) in [7, 11) is 3.77. The van der Waals surface area contributed by atoms with Crippen LogP contribution in [0.25, 0.3) is 0 Å². The quantitative estimate of drug-likeness (QED) is 0.653. The van der Waals surface area contributed by atoms with Crippen molar-refractivity contribution in [2.45, 2.75) is 13.0 Å². The van der Waals surface area contributed by atoms with Crippen LogP contribution in [0.5, 0.6) is 0 Å². The van der Waals surface area contributed by atoms with Gasteiger partial charge in [-0.1, -0.05) is 6.07 Å². The number of carbonyl (C=O) groups is 1. The van der Waals surface area contributed by atoms with E-state index in [1.54, 1.807) is 31.4 Å². The third kappa shape index (κ3) is 3.95. The average molecular weight is 317 g/mol. The predicted molar refractivity (Wildman–Crippen MR) is 85.3 cm³/mol. The van der Waals surface area contributed by atoms with E-state index in [0.717, 1.165) is 5.76 Å². The standard InChI is InChI=1S/C16H19N3O4/c1-11-6-7-12(9-13(11)19(21)22)16(20)17-10-14(18(2)3)15-5-4-8-23-15/h4-9,14H,10H2,1-3H3,(H,17,20). The maximum absolute atomic E-state index is 12.2. The third-order valence-electron chi connectivity index (χ3n) is 3.62. The van der Waals surface area contributed by atoms with Gasteiger partial charge >= 0.3 is 0 Å². The minimum absolute atomic E-state index is 0.0622. The number of furan rings is 1. The first-order valence-electron chi connectivity index (χ1n) is 7.13. The van der Waals surface area contributed by atoms with E-state index in [1.165, 1.54) is 6.07 Å². The fourth-order valence-corrected chi connectivity index (χ4v) is 2.26. The number of rotatable bonds is 6.